The van der Waals surface area contributed by atoms with Gasteiger partial charge in [0.15, 0.2) is 5.78 Å². The summed E-state index contributed by atoms with van der Waals surface area (Å²) in [6.45, 7) is 0. The molecular formula is C29H18N8O3. The molecular weight excluding hydrogens is 508 g/mol. The summed E-state index contributed by atoms with van der Waals surface area (Å²) in [5.41, 5.74) is 37.9. The van der Waals surface area contributed by atoms with Gasteiger partial charge in [-0.25, -0.2) is 0 Å². The fourth-order valence-electron chi connectivity index (χ4n) is 4.80. The molecule has 0 fully saturated rings. The van der Waals surface area contributed by atoms with Crippen LogP contribution >= 0.6 is 0 Å². The molecule has 11 heteroatoms. The molecule has 4 rings (SSSR count). The van der Waals surface area contributed by atoms with E-state index in [9.17, 15) is 25.4 Å². The number of rotatable bonds is 10. The minimum atomic E-state index is -1.16. The van der Waals surface area contributed by atoms with Crippen LogP contribution in [0.3, 0.4) is 0 Å². The molecule has 0 saturated carbocycles. The van der Waals surface area contributed by atoms with Crippen LogP contribution in [-0.2, 0) is 4.79 Å². The lowest BCUT2D eigenvalue weighted by Gasteiger charge is -2.17. The zero-order valence-corrected chi connectivity index (χ0v) is 20.7. The topological polar surface area (TPSA) is 197 Å². The van der Waals surface area contributed by atoms with Crippen LogP contribution in [0.1, 0.15) is 43.7 Å². The minimum absolute atomic E-state index is 0.232. The number of Topliss-reactive ketones (excluding diaryl/α,β-unsaturated/α-hetero) is 3. The summed E-state index contributed by atoms with van der Waals surface area (Å²) in [6.07, 6.45) is 3.60. The van der Waals surface area contributed by atoms with Gasteiger partial charge in [-0.2, -0.15) is 19.2 Å². The van der Waals surface area contributed by atoms with Crippen LogP contribution in [0.5, 0.6) is 0 Å². The van der Waals surface area contributed by atoms with E-state index in [1.807, 2.05) is 0 Å². The Morgan fingerprint density at radius 1 is 0.525 bits per heavy atom. The number of fused-ring (bicyclic) bond motifs is 2. The summed E-state index contributed by atoms with van der Waals surface area (Å²) in [7, 11) is 0. The third-order valence-corrected chi connectivity index (χ3v) is 6.51. The van der Waals surface area contributed by atoms with Crippen LogP contribution < -0.4 is 0 Å². The molecule has 11 nitrogen and oxygen atoms in total. The number of benzene rings is 4. The lowest BCUT2D eigenvalue weighted by molar-refractivity contribution is -0.120. The first-order valence-corrected chi connectivity index (χ1v) is 11.8. The van der Waals surface area contributed by atoms with Crippen molar-refractivity contribution >= 4 is 63.8 Å². The zero-order chi connectivity index (χ0) is 28.6. The fraction of sp³-hybridized carbons (Fsp3) is 0.0690. The van der Waals surface area contributed by atoms with Crippen molar-refractivity contribution < 1.29 is 33.5 Å². The monoisotopic (exact) mass is 526 g/mol. The Morgan fingerprint density at radius 3 is 1.25 bits per heavy atom. The van der Waals surface area contributed by atoms with E-state index in [0.29, 0.717) is 32.7 Å². The Bertz CT molecular complexity index is 1770. The van der Waals surface area contributed by atoms with Gasteiger partial charge >= 0.3 is 12.4 Å². The largest absolute Gasteiger partial charge is 0.362 e. The molecule has 4 aromatic carbocycles. The molecule has 4 aromatic rings. The van der Waals surface area contributed by atoms with E-state index in [1.165, 1.54) is 24.3 Å². The van der Waals surface area contributed by atoms with Gasteiger partial charge in [0.05, 0.1) is 0 Å². The second-order valence-corrected chi connectivity index (χ2v) is 8.60. The number of ketones is 3. The van der Waals surface area contributed by atoms with Crippen molar-refractivity contribution in [1.29, 1.82) is 0 Å². The van der Waals surface area contributed by atoms with E-state index in [-0.39, 0.29) is 11.1 Å². The molecule has 0 aliphatic heterocycles. The van der Waals surface area contributed by atoms with Gasteiger partial charge in [0.25, 0.3) is 24.0 Å². The molecule has 0 aliphatic rings. The number of hydrogen-bond acceptors (Lipinski definition) is 3. The van der Waals surface area contributed by atoms with Gasteiger partial charge < -0.3 is 22.1 Å². The number of carbonyl (C=O) groups is 3. The molecule has 0 aliphatic carbocycles. The first-order chi connectivity index (χ1) is 19.5. The van der Waals surface area contributed by atoms with E-state index < -0.39 is 29.2 Å². The minimum Gasteiger partial charge on any atom is -0.362 e. The van der Waals surface area contributed by atoms with Crippen LogP contribution in [0.15, 0.2) is 72.8 Å². The first-order valence-electron chi connectivity index (χ1n) is 11.8. The van der Waals surface area contributed by atoms with Crippen molar-refractivity contribution in [2.24, 2.45) is 0 Å². The van der Waals surface area contributed by atoms with E-state index in [0.717, 1.165) is 24.9 Å². The molecule has 192 valence electrons. The third kappa shape index (κ3) is 5.03. The lowest BCUT2D eigenvalue weighted by atomic mass is 9.80. The van der Waals surface area contributed by atoms with Gasteiger partial charge in [-0.3, -0.25) is 14.4 Å². The predicted octanol–water partition coefficient (Wildman–Crippen LogP) is 4.00. The van der Waals surface area contributed by atoms with Crippen molar-refractivity contribution in [3.63, 3.8) is 0 Å². The summed E-state index contributed by atoms with van der Waals surface area (Å²) < 4.78 is 0. The number of nitrogens with zero attached hydrogens (tertiary/aromatic N) is 8. The summed E-state index contributed by atoms with van der Waals surface area (Å²) in [5.74, 6) is -3.95. The van der Waals surface area contributed by atoms with E-state index in [4.69, 9.17) is 11.1 Å². The molecule has 0 bridgehead atoms. The van der Waals surface area contributed by atoms with Gasteiger partial charge in [-0.1, -0.05) is 60.7 Å². The maximum Gasteiger partial charge on any atom is 0.328 e. The number of carbonyl (C=O) groups excluding carboxylic acids is 3. The first kappa shape index (κ1) is 27.0. The van der Waals surface area contributed by atoms with Crippen molar-refractivity contribution in [1.82, 2.24) is 0 Å². The molecule has 0 spiro atoms. The van der Waals surface area contributed by atoms with Crippen LogP contribution in [0.4, 0.5) is 0 Å². The summed E-state index contributed by atoms with van der Waals surface area (Å²) in [5, 5.41) is 1.96. The molecule has 0 radical (unpaired) electrons. The predicted molar refractivity (Wildman–Crippen MR) is 146 cm³/mol. The highest BCUT2D eigenvalue weighted by Gasteiger charge is 2.35. The van der Waals surface area contributed by atoms with Gasteiger partial charge in [0.1, 0.15) is 11.8 Å². The van der Waals surface area contributed by atoms with E-state index in [1.54, 1.807) is 48.5 Å². The Balaban J connectivity index is 1.92. The molecule has 0 N–H and O–H groups in total. The zero-order valence-electron chi connectivity index (χ0n) is 20.7. The maximum absolute atomic E-state index is 14.1. The SMILES string of the molecule is [N-]=[N+]=CC(=O)c1ccc(C(C=[N+]=[N-])C(=O)C(C=[N+]=[N-])c2ccc(C(=O)C=[N+]=[N-])c3ccccc23)c2ccccc12. The van der Waals surface area contributed by atoms with Crippen molar-refractivity contribution in [3.8, 4) is 0 Å². The van der Waals surface area contributed by atoms with E-state index in [2.05, 4.69) is 19.2 Å². The Hall–Kier alpha value is -6.07. The smallest absolute Gasteiger partial charge is 0.328 e. The quantitative estimate of drug-likeness (QED) is 0.130. The molecule has 2 atom stereocenters. The van der Waals surface area contributed by atoms with Crippen LogP contribution in [0.25, 0.3) is 43.7 Å². The number of hydrogen-bond donors (Lipinski definition) is 0. The highest BCUT2D eigenvalue weighted by atomic mass is 16.1. The molecule has 40 heavy (non-hydrogen) atoms. The highest BCUT2D eigenvalue weighted by Crippen LogP contribution is 2.34. The Morgan fingerprint density at radius 2 is 0.900 bits per heavy atom. The Labute approximate surface area is 226 Å². The summed E-state index contributed by atoms with van der Waals surface area (Å²) >= 11 is 0. The molecule has 0 heterocycles. The lowest BCUT2D eigenvalue weighted by Crippen LogP contribution is -2.24. The highest BCUT2D eigenvalue weighted by molar-refractivity contribution is 6.37. The summed E-state index contributed by atoms with van der Waals surface area (Å²) in [4.78, 5) is 50.9. The van der Waals surface area contributed by atoms with Crippen molar-refractivity contribution in [3.05, 3.63) is 117 Å². The van der Waals surface area contributed by atoms with Crippen molar-refractivity contribution in [2.45, 2.75) is 11.8 Å². The average Bonchev–Trinajstić information content (AvgIpc) is 2.97. The summed E-state index contributed by atoms with van der Waals surface area (Å²) in [6, 6.07) is 19.6. The van der Waals surface area contributed by atoms with Gasteiger partial charge in [-0.15, -0.1) is 0 Å². The molecule has 0 saturated heterocycles. The van der Waals surface area contributed by atoms with E-state index >= 15 is 0 Å². The average molecular weight is 527 g/mol. The molecule has 0 aromatic heterocycles. The van der Waals surface area contributed by atoms with Gasteiger partial charge in [0.2, 0.25) is 0 Å². The van der Waals surface area contributed by atoms with Gasteiger partial charge in [0, 0.05) is 11.1 Å². The van der Waals surface area contributed by atoms with Crippen LogP contribution in [-0.4, -0.2) is 61.4 Å². The van der Waals surface area contributed by atoms with Gasteiger partial charge in [-0.05, 0) is 44.8 Å². The van der Waals surface area contributed by atoms with Crippen molar-refractivity contribution in [2.75, 3.05) is 0 Å². The Kier molecular flexibility index (Phi) is 8.08. The van der Waals surface area contributed by atoms with Crippen LogP contribution in [0, 0.1) is 0 Å². The molecule has 2 unspecified atom stereocenters. The maximum atomic E-state index is 14.1. The second kappa shape index (κ2) is 12.0. The fourth-order valence-corrected chi connectivity index (χ4v) is 4.80. The standard InChI is InChI=1S/C29H18N8O3/c30-34-13-25(21-9-11-23(27(38)15-36-32)19-7-3-1-5-17(19)21)29(40)26(14-35-31)22-10-12-24(28(39)16-37-33)20-8-4-2-6-18(20)22/h1-16,25-26H. The normalized spacial score (nSPS) is 11.6. The van der Waals surface area contributed by atoms with Crippen LogP contribution in [0.2, 0.25) is 0 Å². The second-order valence-electron chi connectivity index (χ2n) is 8.60. The molecule has 0 amide bonds. The third-order valence-electron chi connectivity index (χ3n) is 6.51.